The lowest BCUT2D eigenvalue weighted by molar-refractivity contribution is -0.138. The lowest BCUT2D eigenvalue weighted by atomic mass is 9.89. The number of hydrogen-bond donors (Lipinski definition) is 1. The van der Waals surface area contributed by atoms with Gasteiger partial charge in [0.25, 0.3) is 5.91 Å². The second kappa shape index (κ2) is 18.0. The van der Waals surface area contributed by atoms with Gasteiger partial charge in [0.05, 0.1) is 38.6 Å². The van der Waals surface area contributed by atoms with Crippen molar-refractivity contribution in [1.29, 1.82) is 0 Å². The van der Waals surface area contributed by atoms with Gasteiger partial charge in [-0.3, -0.25) is 9.78 Å². The molecule has 3 rings (SSSR count). The summed E-state index contributed by atoms with van der Waals surface area (Å²) in [5.41, 5.74) is -0.693. The van der Waals surface area contributed by atoms with Crippen molar-refractivity contribution < 1.29 is 41.7 Å². The first-order valence-corrected chi connectivity index (χ1v) is 15.4. The Hall–Kier alpha value is -3.45. The molecule has 0 saturated carbocycles. The number of carbonyl (C=O) groups excluding carboxylic acids is 1. The molecule has 252 valence electrons. The van der Waals surface area contributed by atoms with Crippen LogP contribution in [-0.2, 0) is 31.6 Å². The van der Waals surface area contributed by atoms with Crippen LogP contribution in [0.5, 0.6) is 11.6 Å². The lowest BCUT2D eigenvalue weighted by Gasteiger charge is -2.30. The van der Waals surface area contributed by atoms with Gasteiger partial charge in [0.1, 0.15) is 12.4 Å². The third-order valence-corrected chi connectivity index (χ3v) is 7.13. The standard InChI is InChI=1S/C33H41ClF3N3O6/c1-5-42-14-15-43-16-17-44-18-19-45-27-12-13-38-29(21-27)28(20-24-6-9-26(34)10-7-24)23(2)40-31(41)32(3,4)46-30-11-8-25(22-39-30)33(35,36)37/h6-13,21-23,28H,5,14-20H2,1-4H3,(H,40,41). The average molecular weight is 668 g/mol. The fraction of sp³-hybridized carbons (Fsp3) is 0.485. The minimum absolute atomic E-state index is 0.108. The number of hydrogen-bond acceptors (Lipinski definition) is 8. The zero-order valence-electron chi connectivity index (χ0n) is 26.4. The molecule has 13 heteroatoms. The number of pyridine rings is 2. The first-order chi connectivity index (χ1) is 21.9. The molecule has 0 spiro atoms. The minimum Gasteiger partial charge on any atom is -0.491 e. The number of ether oxygens (including phenoxy) is 5. The topological polar surface area (TPSA) is 101 Å². The van der Waals surface area contributed by atoms with Crippen LogP contribution < -0.4 is 14.8 Å². The molecule has 46 heavy (non-hydrogen) atoms. The van der Waals surface area contributed by atoms with Crippen molar-refractivity contribution in [2.45, 2.75) is 57.9 Å². The maximum absolute atomic E-state index is 13.4. The molecule has 0 fully saturated rings. The Morgan fingerprint density at radius 2 is 1.57 bits per heavy atom. The van der Waals surface area contributed by atoms with Crippen molar-refractivity contribution in [2.75, 3.05) is 46.2 Å². The van der Waals surface area contributed by atoms with E-state index in [1.807, 2.05) is 32.0 Å². The van der Waals surface area contributed by atoms with Crippen molar-refractivity contribution in [3.05, 3.63) is 82.8 Å². The second-order valence-electron chi connectivity index (χ2n) is 10.9. The molecule has 1 N–H and O–H groups in total. The highest BCUT2D eigenvalue weighted by Gasteiger charge is 2.35. The first kappa shape index (κ1) is 37.0. The molecule has 0 aliphatic carbocycles. The molecule has 0 radical (unpaired) electrons. The third-order valence-electron chi connectivity index (χ3n) is 6.88. The molecular weight excluding hydrogens is 627 g/mol. The molecule has 0 aliphatic heterocycles. The van der Waals surface area contributed by atoms with Crippen LogP contribution in [0.25, 0.3) is 0 Å². The number of alkyl halides is 3. The summed E-state index contributed by atoms with van der Waals surface area (Å²) in [6, 6.07) is 12.5. The Labute approximate surface area is 272 Å². The van der Waals surface area contributed by atoms with Crippen molar-refractivity contribution in [1.82, 2.24) is 15.3 Å². The van der Waals surface area contributed by atoms with E-state index in [-0.39, 0.29) is 11.8 Å². The highest BCUT2D eigenvalue weighted by atomic mass is 35.5. The summed E-state index contributed by atoms with van der Waals surface area (Å²) in [5, 5.41) is 3.60. The van der Waals surface area contributed by atoms with Crippen molar-refractivity contribution in [2.24, 2.45) is 0 Å². The van der Waals surface area contributed by atoms with E-state index in [4.69, 9.17) is 35.3 Å². The van der Waals surface area contributed by atoms with E-state index >= 15 is 0 Å². The molecule has 2 unspecified atom stereocenters. The third kappa shape index (κ3) is 12.4. The summed E-state index contributed by atoms with van der Waals surface area (Å²) < 4.78 is 66.6. The summed E-state index contributed by atoms with van der Waals surface area (Å²) >= 11 is 6.10. The number of benzene rings is 1. The van der Waals surface area contributed by atoms with Crippen molar-refractivity contribution in [3.8, 4) is 11.6 Å². The minimum atomic E-state index is -4.53. The summed E-state index contributed by atoms with van der Waals surface area (Å²) in [6.45, 7) is 10.1. The van der Waals surface area contributed by atoms with Crippen molar-refractivity contribution >= 4 is 17.5 Å². The number of rotatable bonds is 19. The van der Waals surface area contributed by atoms with Crippen LogP contribution in [0.2, 0.25) is 5.02 Å². The van der Waals surface area contributed by atoms with Gasteiger partial charge in [0.2, 0.25) is 5.88 Å². The number of nitrogens with one attached hydrogen (secondary N) is 1. The fourth-order valence-corrected chi connectivity index (χ4v) is 4.46. The normalized spacial score (nSPS) is 13.2. The van der Waals surface area contributed by atoms with Crippen LogP contribution >= 0.6 is 11.6 Å². The predicted molar refractivity (Wildman–Crippen MR) is 167 cm³/mol. The van der Waals surface area contributed by atoms with E-state index in [0.717, 1.165) is 17.7 Å². The van der Waals surface area contributed by atoms with Crippen LogP contribution in [0.15, 0.2) is 60.9 Å². The van der Waals surface area contributed by atoms with E-state index in [2.05, 4.69) is 15.3 Å². The number of amides is 1. The van der Waals surface area contributed by atoms with E-state index in [1.54, 1.807) is 24.4 Å². The molecule has 0 bridgehead atoms. The van der Waals surface area contributed by atoms with Crippen LogP contribution in [-0.4, -0.2) is 73.8 Å². The molecule has 9 nitrogen and oxygen atoms in total. The highest BCUT2D eigenvalue weighted by Crippen LogP contribution is 2.30. The Kier molecular flexibility index (Phi) is 14.5. The van der Waals surface area contributed by atoms with Gasteiger partial charge in [0, 0.05) is 53.8 Å². The van der Waals surface area contributed by atoms with Crippen LogP contribution in [0.3, 0.4) is 0 Å². The molecule has 2 heterocycles. The van der Waals surface area contributed by atoms with Gasteiger partial charge in [-0.15, -0.1) is 0 Å². The summed E-state index contributed by atoms with van der Waals surface area (Å²) in [7, 11) is 0. The molecular formula is C33H41ClF3N3O6. The lowest BCUT2D eigenvalue weighted by Crippen LogP contribution is -2.51. The van der Waals surface area contributed by atoms with Crippen molar-refractivity contribution in [3.63, 3.8) is 0 Å². The van der Waals surface area contributed by atoms with Gasteiger partial charge in [0.15, 0.2) is 5.60 Å². The second-order valence-corrected chi connectivity index (χ2v) is 11.3. The Morgan fingerprint density at radius 1 is 0.913 bits per heavy atom. The molecule has 1 amide bonds. The number of halogens is 4. The molecule has 0 saturated heterocycles. The maximum Gasteiger partial charge on any atom is 0.417 e. The van der Waals surface area contributed by atoms with E-state index < -0.39 is 29.3 Å². The molecule has 0 aliphatic rings. The molecule has 2 aromatic heterocycles. The van der Waals surface area contributed by atoms with E-state index in [1.165, 1.54) is 13.8 Å². The van der Waals surface area contributed by atoms with Gasteiger partial charge in [-0.05, 0) is 63.9 Å². The molecule has 1 aromatic carbocycles. The fourth-order valence-electron chi connectivity index (χ4n) is 4.33. The Bertz CT molecular complexity index is 1340. The quantitative estimate of drug-likeness (QED) is 0.149. The highest BCUT2D eigenvalue weighted by molar-refractivity contribution is 6.30. The van der Waals surface area contributed by atoms with Crippen LogP contribution in [0, 0.1) is 0 Å². The first-order valence-electron chi connectivity index (χ1n) is 15.0. The largest absolute Gasteiger partial charge is 0.491 e. The number of nitrogens with zero attached hydrogens (tertiary/aromatic N) is 2. The van der Waals surface area contributed by atoms with Gasteiger partial charge < -0.3 is 29.0 Å². The van der Waals surface area contributed by atoms with Gasteiger partial charge in [-0.25, -0.2) is 4.98 Å². The number of carbonyl (C=O) groups is 1. The van der Waals surface area contributed by atoms with Gasteiger partial charge >= 0.3 is 6.18 Å². The summed E-state index contributed by atoms with van der Waals surface area (Å²) in [4.78, 5) is 21.7. The summed E-state index contributed by atoms with van der Waals surface area (Å²) in [6.07, 6.45) is -1.70. The van der Waals surface area contributed by atoms with Crippen LogP contribution in [0.1, 0.15) is 50.4 Å². The monoisotopic (exact) mass is 667 g/mol. The number of aromatic nitrogens is 2. The van der Waals surface area contributed by atoms with Gasteiger partial charge in [-0.2, -0.15) is 13.2 Å². The van der Waals surface area contributed by atoms with E-state index in [0.29, 0.717) is 75.3 Å². The summed E-state index contributed by atoms with van der Waals surface area (Å²) in [5.74, 6) is -0.283. The molecule has 2 atom stereocenters. The zero-order chi connectivity index (χ0) is 33.6. The smallest absolute Gasteiger partial charge is 0.417 e. The van der Waals surface area contributed by atoms with Crippen LogP contribution in [0.4, 0.5) is 13.2 Å². The van der Waals surface area contributed by atoms with E-state index in [9.17, 15) is 18.0 Å². The zero-order valence-corrected chi connectivity index (χ0v) is 27.2. The predicted octanol–water partition coefficient (Wildman–Crippen LogP) is 6.29. The maximum atomic E-state index is 13.4. The molecule has 3 aromatic rings. The SMILES string of the molecule is CCOCCOCCOCCOc1ccnc(C(Cc2ccc(Cl)cc2)C(C)NC(=O)C(C)(C)Oc2ccc(C(F)(F)F)cn2)c1. The van der Waals surface area contributed by atoms with Gasteiger partial charge in [-0.1, -0.05) is 23.7 Å². The average Bonchev–Trinajstić information content (AvgIpc) is 3.01. The Balaban J connectivity index is 1.64. The Morgan fingerprint density at radius 3 is 2.17 bits per heavy atom.